The molecule has 0 bridgehead atoms. The second-order valence-corrected chi connectivity index (χ2v) is 5.19. The molecule has 0 saturated carbocycles. The lowest BCUT2D eigenvalue weighted by Gasteiger charge is -2.21. The molecule has 4 nitrogen and oxygen atoms in total. The number of rotatable bonds is 6. The number of benzene rings is 2. The van der Waals surface area contributed by atoms with Crippen LogP contribution in [0.5, 0.6) is 5.75 Å². The minimum absolute atomic E-state index is 0.528. The van der Waals surface area contributed by atoms with Crippen molar-refractivity contribution in [2.75, 3.05) is 26.4 Å². The second-order valence-electron chi connectivity index (χ2n) is 5.19. The molecule has 0 saturated heterocycles. The monoisotopic (exact) mass is 286 g/mol. The average molecular weight is 286 g/mol. The van der Waals surface area contributed by atoms with Crippen molar-refractivity contribution >= 4 is 5.69 Å². The van der Waals surface area contributed by atoms with Crippen molar-refractivity contribution in [3.8, 4) is 5.75 Å². The first-order valence-electron chi connectivity index (χ1n) is 6.94. The van der Waals surface area contributed by atoms with Gasteiger partial charge in [0.1, 0.15) is 5.75 Å². The summed E-state index contributed by atoms with van der Waals surface area (Å²) in [7, 11) is 3.63. The van der Waals surface area contributed by atoms with Crippen molar-refractivity contribution in [3.63, 3.8) is 0 Å². The molecule has 3 N–H and O–H groups in total. The summed E-state index contributed by atoms with van der Waals surface area (Å²) in [6, 6.07) is 15.4. The average Bonchev–Trinajstić information content (AvgIpc) is 2.48. The summed E-state index contributed by atoms with van der Waals surface area (Å²) in [4.78, 5) is 2.07. The number of nitrogen functional groups attached to an aromatic ring is 1. The quantitative estimate of drug-likeness (QED) is 0.801. The van der Waals surface area contributed by atoms with Gasteiger partial charge in [-0.1, -0.05) is 30.3 Å². The van der Waals surface area contributed by atoms with Crippen LogP contribution >= 0.6 is 0 Å². The van der Waals surface area contributed by atoms with Gasteiger partial charge in [-0.15, -0.1) is 0 Å². The van der Waals surface area contributed by atoms with Gasteiger partial charge in [-0.3, -0.25) is 4.90 Å². The van der Waals surface area contributed by atoms with Gasteiger partial charge in [-0.25, -0.2) is 0 Å². The lowest BCUT2D eigenvalue weighted by Crippen LogP contribution is -2.24. The number of para-hydroxylation sites is 1. The largest absolute Gasteiger partial charge is 0.497 e. The van der Waals surface area contributed by atoms with E-state index in [1.807, 2.05) is 55.6 Å². The number of likely N-dealkylation sites (N-methyl/N-ethyl adjacent to an activating group) is 1. The summed E-state index contributed by atoms with van der Waals surface area (Å²) >= 11 is 0. The normalized spacial score (nSPS) is 12.4. The minimum Gasteiger partial charge on any atom is -0.497 e. The maximum absolute atomic E-state index is 10.3. The topological polar surface area (TPSA) is 58.7 Å². The highest BCUT2D eigenvalue weighted by molar-refractivity contribution is 5.47. The lowest BCUT2D eigenvalue weighted by atomic mass is 10.1. The van der Waals surface area contributed by atoms with E-state index in [2.05, 4.69) is 4.90 Å². The Balaban J connectivity index is 1.94. The van der Waals surface area contributed by atoms with Crippen molar-refractivity contribution in [2.24, 2.45) is 0 Å². The maximum atomic E-state index is 10.3. The second kappa shape index (κ2) is 7.11. The van der Waals surface area contributed by atoms with Gasteiger partial charge in [0.15, 0.2) is 0 Å². The van der Waals surface area contributed by atoms with Crippen LogP contribution in [-0.4, -0.2) is 30.7 Å². The molecule has 112 valence electrons. The van der Waals surface area contributed by atoms with Crippen LogP contribution in [-0.2, 0) is 6.54 Å². The molecule has 0 spiro atoms. The first kappa shape index (κ1) is 15.4. The number of hydrogen-bond acceptors (Lipinski definition) is 4. The molecule has 0 aliphatic heterocycles. The molecule has 0 amide bonds. The van der Waals surface area contributed by atoms with Crippen LogP contribution < -0.4 is 10.5 Å². The number of hydrogen-bond donors (Lipinski definition) is 2. The number of ether oxygens (including phenoxy) is 1. The van der Waals surface area contributed by atoms with Gasteiger partial charge in [-0.2, -0.15) is 0 Å². The Morgan fingerprint density at radius 1 is 1.14 bits per heavy atom. The number of nitrogens with zero attached hydrogens (tertiary/aromatic N) is 1. The molecule has 0 radical (unpaired) electrons. The number of aliphatic hydroxyl groups is 1. The highest BCUT2D eigenvalue weighted by Crippen LogP contribution is 2.21. The van der Waals surface area contributed by atoms with Crippen LogP contribution in [0.3, 0.4) is 0 Å². The van der Waals surface area contributed by atoms with Crippen molar-refractivity contribution in [3.05, 3.63) is 59.7 Å². The molecule has 2 aromatic carbocycles. The molecule has 0 heterocycles. The molecule has 2 aromatic rings. The standard InChI is InChI=1S/C17H22N2O2/c1-19(11-13-7-9-14(21-2)10-8-13)12-17(20)15-5-3-4-6-16(15)18/h3-10,17,20H,11-12,18H2,1-2H3. The fraction of sp³-hybridized carbons (Fsp3) is 0.294. The molecular weight excluding hydrogens is 264 g/mol. The van der Waals surface area contributed by atoms with Gasteiger partial charge in [0.05, 0.1) is 13.2 Å². The van der Waals surface area contributed by atoms with E-state index < -0.39 is 6.10 Å². The molecule has 0 aliphatic rings. The molecule has 0 aliphatic carbocycles. The summed E-state index contributed by atoms with van der Waals surface area (Å²) < 4.78 is 5.14. The van der Waals surface area contributed by atoms with E-state index in [1.165, 1.54) is 5.56 Å². The highest BCUT2D eigenvalue weighted by atomic mass is 16.5. The smallest absolute Gasteiger partial charge is 0.118 e. The van der Waals surface area contributed by atoms with Crippen LogP contribution in [0.25, 0.3) is 0 Å². The van der Waals surface area contributed by atoms with E-state index in [4.69, 9.17) is 10.5 Å². The van der Waals surface area contributed by atoms with Gasteiger partial charge in [0, 0.05) is 24.3 Å². The van der Waals surface area contributed by atoms with E-state index in [-0.39, 0.29) is 0 Å². The highest BCUT2D eigenvalue weighted by Gasteiger charge is 2.13. The summed E-state index contributed by atoms with van der Waals surface area (Å²) in [5, 5.41) is 10.3. The molecule has 0 aromatic heterocycles. The Labute approximate surface area is 125 Å². The molecule has 2 rings (SSSR count). The SMILES string of the molecule is COc1ccc(CN(C)CC(O)c2ccccc2N)cc1. The van der Waals surface area contributed by atoms with Crippen LogP contribution in [0, 0.1) is 0 Å². The molecule has 4 heteroatoms. The number of methoxy groups -OCH3 is 1. The fourth-order valence-electron chi connectivity index (χ4n) is 2.32. The van der Waals surface area contributed by atoms with Crippen molar-refractivity contribution in [1.29, 1.82) is 0 Å². The molecule has 0 fully saturated rings. The third kappa shape index (κ3) is 4.21. The van der Waals surface area contributed by atoms with Crippen LogP contribution in [0.15, 0.2) is 48.5 Å². The maximum Gasteiger partial charge on any atom is 0.118 e. The predicted molar refractivity (Wildman–Crippen MR) is 85.1 cm³/mol. The van der Waals surface area contributed by atoms with E-state index in [1.54, 1.807) is 7.11 Å². The lowest BCUT2D eigenvalue weighted by molar-refractivity contribution is 0.124. The first-order valence-corrected chi connectivity index (χ1v) is 6.94. The molecule has 1 unspecified atom stereocenters. The van der Waals surface area contributed by atoms with Crippen molar-refractivity contribution in [2.45, 2.75) is 12.6 Å². The molecule has 21 heavy (non-hydrogen) atoms. The summed E-state index contributed by atoms with van der Waals surface area (Å²) in [5.41, 5.74) is 8.47. The van der Waals surface area contributed by atoms with Crippen LogP contribution in [0.2, 0.25) is 0 Å². The van der Waals surface area contributed by atoms with E-state index in [9.17, 15) is 5.11 Å². The number of anilines is 1. The van der Waals surface area contributed by atoms with Gasteiger partial charge >= 0.3 is 0 Å². The third-order valence-electron chi connectivity index (χ3n) is 3.45. The van der Waals surface area contributed by atoms with E-state index in [0.29, 0.717) is 12.2 Å². The summed E-state index contributed by atoms with van der Waals surface area (Å²) in [6.45, 7) is 1.29. The Morgan fingerprint density at radius 2 is 1.81 bits per heavy atom. The first-order chi connectivity index (χ1) is 10.1. The zero-order valence-corrected chi connectivity index (χ0v) is 12.5. The summed E-state index contributed by atoms with van der Waals surface area (Å²) in [5.74, 6) is 0.846. The van der Waals surface area contributed by atoms with Gasteiger partial charge in [0.2, 0.25) is 0 Å². The Kier molecular flexibility index (Phi) is 5.20. The van der Waals surface area contributed by atoms with Crippen LogP contribution in [0.4, 0.5) is 5.69 Å². The minimum atomic E-state index is -0.588. The Morgan fingerprint density at radius 3 is 2.43 bits per heavy atom. The van der Waals surface area contributed by atoms with Gasteiger partial charge < -0.3 is 15.6 Å². The van der Waals surface area contributed by atoms with E-state index in [0.717, 1.165) is 17.9 Å². The van der Waals surface area contributed by atoms with Crippen molar-refractivity contribution < 1.29 is 9.84 Å². The molecule has 1 atom stereocenters. The molecular formula is C17H22N2O2. The zero-order valence-electron chi connectivity index (χ0n) is 12.5. The Bertz CT molecular complexity index is 569. The van der Waals surface area contributed by atoms with Crippen LogP contribution in [0.1, 0.15) is 17.2 Å². The third-order valence-corrected chi connectivity index (χ3v) is 3.45. The summed E-state index contributed by atoms with van der Waals surface area (Å²) in [6.07, 6.45) is -0.588. The fourth-order valence-corrected chi connectivity index (χ4v) is 2.32. The predicted octanol–water partition coefficient (Wildman–Crippen LogP) is 2.44. The van der Waals surface area contributed by atoms with Gasteiger partial charge in [-0.05, 0) is 30.8 Å². The number of aliphatic hydroxyl groups excluding tert-OH is 1. The van der Waals surface area contributed by atoms with E-state index >= 15 is 0 Å². The Hall–Kier alpha value is -2.04. The van der Waals surface area contributed by atoms with Crippen molar-refractivity contribution in [1.82, 2.24) is 4.90 Å². The van der Waals surface area contributed by atoms with Gasteiger partial charge in [0.25, 0.3) is 0 Å². The number of nitrogens with two attached hydrogens (primary N) is 1. The zero-order chi connectivity index (χ0) is 15.2.